The molecule has 0 fully saturated rings. The van der Waals surface area contributed by atoms with E-state index in [-0.39, 0.29) is 14.2 Å². The topological polar surface area (TPSA) is 303 Å². The summed E-state index contributed by atoms with van der Waals surface area (Å²) in [4.78, 5) is 47.0. The lowest BCUT2D eigenvalue weighted by atomic mass is 10.1. The smallest absolute Gasteiger partial charge is 0.286 e. The number of hydrogen-bond donors (Lipinski definition) is 9. The normalized spacial score (nSPS) is 11.6. The second-order valence-electron chi connectivity index (χ2n) is 13.3. The molecule has 12 N–H and O–H groups in total. The molecule has 18 heteroatoms. The van der Waals surface area contributed by atoms with E-state index in [9.17, 15) is 45.3 Å². The van der Waals surface area contributed by atoms with E-state index in [2.05, 4.69) is 15.0 Å². The first-order valence-corrected chi connectivity index (χ1v) is 17.9. The van der Waals surface area contributed by atoms with E-state index < -0.39 is 34.3 Å². The highest BCUT2D eigenvalue weighted by Gasteiger charge is 2.17. The van der Waals surface area contributed by atoms with Crippen LogP contribution in [0, 0.1) is 20.8 Å². The fourth-order valence-corrected chi connectivity index (χ4v) is 5.93. The number of nitrogens with zero attached hydrogens (tertiary/aromatic N) is 6. The lowest BCUT2D eigenvalue weighted by molar-refractivity contribution is 0.143. The maximum atomic E-state index is 11.3. The summed E-state index contributed by atoms with van der Waals surface area (Å²) < 4.78 is 0.571. The third kappa shape index (κ3) is 9.98. The third-order valence-corrected chi connectivity index (χ3v) is 8.86. The van der Waals surface area contributed by atoms with Crippen LogP contribution in [0.4, 0.5) is 34.1 Å². The number of aryl methyl sites for hydroxylation is 3. The number of anilines is 3. The highest BCUT2D eigenvalue weighted by Crippen LogP contribution is 2.28. The molecular weight excluding hydrogens is 775 g/mol. The van der Waals surface area contributed by atoms with Gasteiger partial charge in [0, 0.05) is 18.2 Å². The summed E-state index contributed by atoms with van der Waals surface area (Å²) in [6.07, 6.45) is 0. The van der Waals surface area contributed by atoms with Gasteiger partial charge in [-0.3, -0.25) is 29.4 Å². The van der Waals surface area contributed by atoms with Gasteiger partial charge < -0.3 is 48.1 Å². The minimum Gasteiger partial charge on any atom is -0.492 e. The Morgan fingerprint density at radius 3 is 0.883 bits per heavy atom. The molecule has 60 heavy (non-hydrogen) atoms. The summed E-state index contributed by atoms with van der Waals surface area (Å²) in [6, 6.07) is 24.8. The van der Waals surface area contributed by atoms with Crippen LogP contribution < -0.4 is 33.9 Å². The molecule has 0 unspecified atom stereocenters. The van der Waals surface area contributed by atoms with E-state index >= 15 is 0 Å². The Kier molecular flexibility index (Phi) is 13.9. The molecule has 0 saturated carbocycles. The Bertz CT molecular complexity index is 2550. The first-order chi connectivity index (χ1) is 28.2. The molecule has 0 spiro atoms. The first-order valence-electron chi connectivity index (χ1n) is 17.9. The maximum absolute atomic E-state index is 11.3. The summed E-state index contributed by atoms with van der Waals surface area (Å²) >= 11 is 0. The molecule has 6 aromatic rings. The van der Waals surface area contributed by atoms with Gasteiger partial charge in [-0.2, -0.15) is 0 Å². The lowest BCUT2D eigenvalue weighted by Crippen LogP contribution is -2.20. The van der Waals surface area contributed by atoms with E-state index in [0.717, 1.165) is 0 Å². The molecular formula is C42H45N9O9. The van der Waals surface area contributed by atoms with Crippen molar-refractivity contribution in [3.63, 3.8) is 0 Å². The summed E-state index contributed by atoms with van der Waals surface area (Å²) in [5.41, 5.74) is 22.3. The van der Waals surface area contributed by atoms with Gasteiger partial charge in [0.1, 0.15) is 0 Å². The monoisotopic (exact) mass is 819 g/mol. The van der Waals surface area contributed by atoms with E-state index in [4.69, 9.17) is 17.2 Å². The Balaban J connectivity index is 0.000000198. The van der Waals surface area contributed by atoms with Gasteiger partial charge in [-0.15, -0.1) is 14.2 Å². The Morgan fingerprint density at radius 1 is 0.450 bits per heavy atom. The molecule has 0 radical (unpaired) electrons. The summed E-state index contributed by atoms with van der Waals surface area (Å²) in [7, 11) is 0. The zero-order chi connectivity index (χ0) is 44.6. The van der Waals surface area contributed by atoms with Crippen LogP contribution in [0.5, 0.6) is 17.6 Å². The Hall–Kier alpha value is -8.28. The van der Waals surface area contributed by atoms with Crippen LogP contribution in [0.15, 0.2) is 120 Å². The van der Waals surface area contributed by atoms with Gasteiger partial charge in [0.2, 0.25) is 17.6 Å². The largest absolute Gasteiger partial charge is 0.492 e. The molecule has 6 rings (SSSR count). The van der Waals surface area contributed by atoms with Crippen LogP contribution in [0.25, 0.3) is 0 Å². The Labute approximate surface area is 342 Å². The number of benzene rings is 3. The lowest BCUT2D eigenvalue weighted by Gasteiger charge is -2.10. The zero-order valence-corrected chi connectivity index (χ0v) is 33.5. The summed E-state index contributed by atoms with van der Waals surface area (Å²) in [6.45, 7) is 9.97. The van der Waals surface area contributed by atoms with Crippen LogP contribution >= 0.6 is 0 Å². The van der Waals surface area contributed by atoms with Crippen molar-refractivity contribution in [2.24, 2.45) is 15.0 Å². The van der Waals surface area contributed by atoms with Crippen molar-refractivity contribution in [1.82, 2.24) is 14.2 Å². The number of aromatic hydroxyl groups is 3. The highest BCUT2D eigenvalue weighted by atomic mass is 16.5. The number of nitrogen functional groups attached to an aromatic ring is 3. The van der Waals surface area contributed by atoms with Crippen molar-refractivity contribution in [3.8, 4) is 17.6 Å². The number of rotatable bonds is 6. The van der Waals surface area contributed by atoms with Crippen molar-refractivity contribution in [1.29, 1.82) is 0 Å². The van der Waals surface area contributed by atoms with Crippen molar-refractivity contribution >= 4 is 51.3 Å². The van der Waals surface area contributed by atoms with Crippen molar-refractivity contribution < 1.29 is 30.9 Å². The predicted octanol–water partition coefficient (Wildman–Crippen LogP) is 5.47. The molecule has 0 aliphatic heterocycles. The zero-order valence-electron chi connectivity index (χ0n) is 33.5. The van der Waals surface area contributed by atoms with Gasteiger partial charge in [-0.1, -0.05) is 36.4 Å². The highest BCUT2D eigenvalue weighted by molar-refractivity contribution is 6.05. The quantitative estimate of drug-likeness (QED) is 0.0574. The van der Waals surface area contributed by atoms with Crippen LogP contribution in [-0.4, -0.2) is 62.3 Å². The molecule has 3 heterocycles. The van der Waals surface area contributed by atoms with Gasteiger partial charge in [-0.25, -0.2) is 0 Å². The molecule has 3 aromatic carbocycles. The SMILES string of the molecule is CC(=Nc1ccccc1N)c1c(C)cc(=O)n(O)c1O.CC(=Nc1ccccc1N)c1c(C)cc(=O)n(O)c1O.CC(=Nc1ccccc1N)c1c(C)cc(=O)n(O)c1O. The number of hydrogen-bond acceptors (Lipinski definition) is 15. The molecule has 312 valence electrons. The van der Waals surface area contributed by atoms with Gasteiger partial charge in [0.05, 0.1) is 67.9 Å². The fraction of sp³-hybridized carbons (Fsp3) is 0.143. The van der Waals surface area contributed by atoms with E-state index in [1.54, 1.807) is 114 Å². The standard InChI is InChI=1S/3C14H15N3O3/c3*1-8-7-12(18)17(20)14(19)13(8)9(2)16-11-6-4-3-5-10(11)15/h3*3-7,19-20H,15H2,1-2H3. The molecule has 0 atom stereocenters. The minimum absolute atomic E-state index is 0.190. The number of para-hydroxylation sites is 6. The van der Waals surface area contributed by atoms with Crippen LogP contribution in [-0.2, 0) is 0 Å². The van der Waals surface area contributed by atoms with Gasteiger partial charge in [-0.05, 0) is 94.6 Å². The van der Waals surface area contributed by atoms with Crippen molar-refractivity contribution in [2.75, 3.05) is 17.2 Å². The van der Waals surface area contributed by atoms with E-state index in [1.165, 1.54) is 18.2 Å². The van der Waals surface area contributed by atoms with Crippen LogP contribution in [0.1, 0.15) is 54.2 Å². The summed E-state index contributed by atoms with van der Waals surface area (Å²) in [5, 5.41) is 58.0. The van der Waals surface area contributed by atoms with E-state index in [1.807, 2.05) is 0 Å². The van der Waals surface area contributed by atoms with Gasteiger partial charge in [0.15, 0.2) is 0 Å². The molecule has 0 saturated heterocycles. The number of nitrogens with two attached hydrogens (primary N) is 3. The van der Waals surface area contributed by atoms with E-state index in [0.29, 0.717) is 84.6 Å². The van der Waals surface area contributed by atoms with Crippen LogP contribution in [0.3, 0.4) is 0 Å². The molecule has 0 amide bonds. The minimum atomic E-state index is -0.698. The first kappa shape index (κ1) is 44.4. The van der Waals surface area contributed by atoms with Gasteiger partial charge in [0.25, 0.3) is 16.7 Å². The third-order valence-electron chi connectivity index (χ3n) is 8.86. The van der Waals surface area contributed by atoms with Gasteiger partial charge >= 0.3 is 0 Å². The number of aliphatic imine (C=N–C) groups is 3. The Morgan fingerprint density at radius 2 is 0.667 bits per heavy atom. The predicted molar refractivity (Wildman–Crippen MR) is 231 cm³/mol. The van der Waals surface area contributed by atoms with Crippen molar-refractivity contribution in [2.45, 2.75) is 41.5 Å². The average Bonchev–Trinajstić information content (AvgIpc) is 3.18. The maximum Gasteiger partial charge on any atom is 0.286 e. The summed E-state index contributed by atoms with van der Waals surface area (Å²) in [5.74, 6) is -1.61. The molecule has 18 nitrogen and oxygen atoms in total. The number of aromatic nitrogens is 3. The molecule has 0 bridgehead atoms. The second kappa shape index (κ2) is 18.8. The fourth-order valence-electron chi connectivity index (χ4n) is 5.93. The second-order valence-corrected chi connectivity index (χ2v) is 13.3. The molecule has 3 aromatic heterocycles. The van der Waals surface area contributed by atoms with Crippen LogP contribution in [0.2, 0.25) is 0 Å². The molecule has 0 aliphatic carbocycles. The molecule has 0 aliphatic rings. The average molecular weight is 820 g/mol. The van der Waals surface area contributed by atoms with Crippen molar-refractivity contribution in [3.05, 3.63) is 155 Å². The number of pyridine rings is 3.